The Kier molecular flexibility index (Phi) is 4.94. The van der Waals surface area contributed by atoms with E-state index in [0.29, 0.717) is 18.4 Å². The summed E-state index contributed by atoms with van der Waals surface area (Å²) >= 11 is 0. The maximum absolute atomic E-state index is 11.9. The molecule has 0 aliphatic heterocycles. The number of nitro benzene ring substituents is 1. The van der Waals surface area contributed by atoms with Gasteiger partial charge in [0.25, 0.3) is 5.69 Å². The van der Waals surface area contributed by atoms with Gasteiger partial charge in [0.2, 0.25) is 0 Å². The number of carboxylic acid groups (broad SMARTS) is 1. The predicted molar refractivity (Wildman–Crippen MR) is 79.2 cm³/mol. The molecule has 0 spiro atoms. The van der Waals surface area contributed by atoms with E-state index in [1.807, 2.05) is 0 Å². The van der Waals surface area contributed by atoms with Crippen LogP contribution in [0.25, 0.3) is 0 Å². The first-order chi connectivity index (χ1) is 10.1. The molecule has 5 heteroatoms. The lowest BCUT2D eigenvalue weighted by atomic mass is 9.72. The van der Waals surface area contributed by atoms with Crippen LogP contribution in [0.1, 0.15) is 50.5 Å². The first kappa shape index (κ1) is 15.5. The van der Waals surface area contributed by atoms with E-state index in [0.717, 1.165) is 32.1 Å². The standard InChI is InChI=1S/C16H21NO4/c18-15(19)16(10-6-2-1-3-7-11-16)12-13-8-4-5-9-14(13)17(20)21/h4-5,8-9H,1-3,6-7,10-12H2,(H,18,19). The van der Waals surface area contributed by atoms with Gasteiger partial charge in [-0.15, -0.1) is 0 Å². The van der Waals surface area contributed by atoms with Crippen LogP contribution in [0.3, 0.4) is 0 Å². The highest BCUT2D eigenvalue weighted by Gasteiger charge is 2.39. The van der Waals surface area contributed by atoms with Crippen LogP contribution in [0.2, 0.25) is 0 Å². The van der Waals surface area contributed by atoms with E-state index in [4.69, 9.17) is 0 Å². The molecule has 0 radical (unpaired) electrons. The van der Waals surface area contributed by atoms with Crippen molar-refractivity contribution in [3.05, 3.63) is 39.9 Å². The first-order valence-corrected chi connectivity index (χ1v) is 7.51. The molecular formula is C16H21NO4. The van der Waals surface area contributed by atoms with Gasteiger partial charge in [0.15, 0.2) is 0 Å². The molecule has 5 nitrogen and oxygen atoms in total. The van der Waals surface area contributed by atoms with Crippen molar-refractivity contribution in [3.63, 3.8) is 0 Å². The van der Waals surface area contributed by atoms with E-state index in [1.54, 1.807) is 18.2 Å². The summed E-state index contributed by atoms with van der Waals surface area (Å²) in [5.41, 5.74) is -0.294. The quantitative estimate of drug-likeness (QED) is 0.672. The molecule has 0 aromatic heterocycles. The van der Waals surface area contributed by atoms with E-state index >= 15 is 0 Å². The molecule has 1 saturated carbocycles. The lowest BCUT2D eigenvalue weighted by Gasteiger charge is -2.31. The maximum atomic E-state index is 11.9. The van der Waals surface area contributed by atoms with Gasteiger partial charge in [-0.3, -0.25) is 14.9 Å². The van der Waals surface area contributed by atoms with Crippen LogP contribution in [0.4, 0.5) is 5.69 Å². The van der Waals surface area contributed by atoms with Crippen molar-refractivity contribution >= 4 is 11.7 Å². The maximum Gasteiger partial charge on any atom is 0.309 e. The molecular weight excluding hydrogens is 270 g/mol. The highest BCUT2D eigenvalue weighted by atomic mass is 16.6. The molecule has 0 atom stereocenters. The summed E-state index contributed by atoms with van der Waals surface area (Å²) in [4.78, 5) is 22.6. The molecule has 0 amide bonds. The van der Waals surface area contributed by atoms with Crippen LogP contribution < -0.4 is 0 Å². The molecule has 1 aliphatic carbocycles. The Labute approximate surface area is 124 Å². The summed E-state index contributed by atoms with van der Waals surface area (Å²) in [7, 11) is 0. The Morgan fingerprint density at radius 1 is 1.14 bits per heavy atom. The van der Waals surface area contributed by atoms with Crippen molar-refractivity contribution in [1.82, 2.24) is 0 Å². The number of carboxylic acids is 1. The van der Waals surface area contributed by atoms with E-state index < -0.39 is 16.3 Å². The van der Waals surface area contributed by atoms with Crippen molar-refractivity contribution in [2.24, 2.45) is 5.41 Å². The van der Waals surface area contributed by atoms with Gasteiger partial charge in [-0.05, 0) is 19.3 Å². The third kappa shape index (κ3) is 3.60. The molecule has 1 N–H and O–H groups in total. The van der Waals surface area contributed by atoms with Crippen LogP contribution in [-0.2, 0) is 11.2 Å². The van der Waals surface area contributed by atoms with E-state index in [2.05, 4.69) is 0 Å². The molecule has 114 valence electrons. The zero-order valence-corrected chi connectivity index (χ0v) is 12.1. The van der Waals surface area contributed by atoms with Gasteiger partial charge in [-0.25, -0.2) is 0 Å². The second kappa shape index (κ2) is 6.70. The summed E-state index contributed by atoms with van der Waals surface area (Å²) in [6.45, 7) is 0. The molecule has 0 saturated heterocycles. The predicted octanol–water partition coefficient (Wildman–Crippen LogP) is 3.95. The van der Waals surface area contributed by atoms with Crippen LogP contribution in [0, 0.1) is 15.5 Å². The van der Waals surface area contributed by atoms with Crippen LogP contribution >= 0.6 is 0 Å². The minimum atomic E-state index is -0.855. The fourth-order valence-corrected chi connectivity index (χ4v) is 3.25. The molecule has 1 aliphatic rings. The number of nitro groups is 1. The molecule has 1 aromatic carbocycles. The Bertz CT molecular complexity index is 519. The van der Waals surface area contributed by atoms with E-state index in [1.165, 1.54) is 6.07 Å². The molecule has 2 rings (SSSR count). The minimum absolute atomic E-state index is 0.0279. The van der Waals surface area contributed by atoms with Gasteiger partial charge in [-0.1, -0.05) is 50.3 Å². The Morgan fingerprint density at radius 3 is 2.29 bits per heavy atom. The average molecular weight is 291 g/mol. The van der Waals surface area contributed by atoms with Gasteiger partial charge in [-0.2, -0.15) is 0 Å². The zero-order valence-electron chi connectivity index (χ0n) is 12.1. The Hall–Kier alpha value is -1.91. The summed E-state index contributed by atoms with van der Waals surface area (Å²) in [5.74, 6) is -0.817. The lowest BCUT2D eigenvalue weighted by molar-refractivity contribution is -0.385. The number of benzene rings is 1. The second-order valence-corrected chi connectivity index (χ2v) is 5.92. The monoisotopic (exact) mass is 291 g/mol. The molecule has 0 unspecified atom stereocenters. The number of hydrogen-bond donors (Lipinski definition) is 1. The number of nitrogens with zero attached hydrogens (tertiary/aromatic N) is 1. The van der Waals surface area contributed by atoms with Gasteiger partial charge < -0.3 is 5.11 Å². The number of rotatable bonds is 4. The molecule has 0 heterocycles. The number of aliphatic carboxylic acids is 1. The summed E-state index contributed by atoms with van der Waals surface area (Å²) in [5, 5.41) is 20.8. The van der Waals surface area contributed by atoms with E-state index in [-0.39, 0.29) is 12.1 Å². The first-order valence-electron chi connectivity index (χ1n) is 7.51. The summed E-state index contributed by atoms with van der Waals surface area (Å²) in [6.07, 6.45) is 6.47. The van der Waals surface area contributed by atoms with Crippen LogP contribution in [-0.4, -0.2) is 16.0 Å². The topological polar surface area (TPSA) is 80.4 Å². The molecule has 1 aromatic rings. The van der Waals surface area contributed by atoms with Crippen molar-refractivity contribution in [2.75, 3.05) is 0 Å². The second-order valence-electron chi connectivity index (χ2n) is 5.92. The van der Waals surface area contributed by atoms with Gasteiger partial charge in [0.05, 0.1) is 10.3 Å². The van der Waals surface area contributed by atoms with Crippen LogP contribution in [0.5, 0.6) is 0 Å². The average Bonchev–Trinajstić information content (AvgIpc) is 2.42. The fourth-order valence-electron chi connectivity index (χ4n) is 3.25. The number of carbonyl (C=O) groups is 1. The van der Waals surface area contributed by atoms with Crippen molar-refractivity contribution < 1.29 is 14.8 Å². The van der Waals surface area contributed by atoms with E-state index in [9.17, 15) is 20.0 Å². The smallest absolute Gasteiger partial charge is 0.309 e. The fraction of sp³-hybridized carbons (Fsp3) is 0.562. The zero-order chi connectivity index (χ0) is 15.3. The third-order valence-corrected chi connectivity index (χ3v) is 4.48. The Balaban J connectivity index is 2.31. The molecule has 1 fully saturated rings. The minimum Gasteiger partial charge on any atom is -0.481 e. The molecule has 21 heavy (non-hydrogen) atoms. The lowest BCUT2D eigenvalue weighted by Crippen LogP contribution is -2.34. The van der Waals surface area contributed by atoms with Crippen molar-refractivity contribution in [1.29, 1.82) is 0 Å². The van der Waals surface area contributed by atoms with Crippen molar-refractivity contribution in [3.8, 4) is 0 Å². The summed E-state index contributed by atoms with van der Waals surface area (Å²) < 4.78 is 0. The van der Waals surface area contributed by atoms with Gasteiger partial charge in [0.1, 0.15) is 0 Å². The van der Waals surface area contributed by atoms with Gasteiger partial charge >= 0.3 is 5.97 Å². The van der Waals surface area contributed by atoms with Crippen LogP contribution in [0.15, 0.2) is 24.3 Å². The molecule has 0 bridgehead atoms. The number of hydrogen-bond acceptors (Lipinski definition) is 3. The SMILES string of the molecule is O=C(O)C1(Cc2ccccc2[N+](=O)[O-])CCCCCCC1. The largest absolute Gasteiger partial charge is 0.481 e. The van der Waals surface area contributed by atoms with Gasteiger partial charge in [0, 0.05) is 11.6 Å². The number of para-hydroxylation sites is 1. The third-order valence-electron chi connectivity index (χ3n) is 4.48. The normalized spacial score (nSPS) is 18.5. The highest BCUT2D eigenvalue weighted by molar-refractivity contribution is 5.75. The Morgan fingerprint density at radius 2 is 1.71 bits per heavy atom. The van der Waals surface area contributed by atoms with Crippen molar-refractivity contribution in [2.45, 2.75) is 51.4 Å². The highest BCUT2D eigenvalue weighted by Crippen LogP contribution is 2.39. The summed E-state index contributed by atoms with van der Waals surface area (Å²) in [6, 6.07) is 6.49.